The lowest BCUT2D eigenvalue weighted by Crippen LogP contribution is -2.23. The Bertz CT molecular complexity index is 253. The molecule has 0 radical (unpaired) electrons. The molecule has 6 heteroatoms. The van der Waals surface area contributed by atoms with E-state index < -0.39 is 0 Å². The largest absolute Gasteiger partial charge is 0.469 e. The van der Waals surface area contributed by atoms with E-state index in [1.54, 1.807) is 0 Å². The average molecular weight is 262 g/mol. The lowest BCUT2D eigenvalue weighted by molar-refractivity contribution is -0.280. The summed E-state index contributed by atoms with van der Waals surface area (Å²) in [5, 5.41) is 0. The van der Waals surface area contributed by atoms with Crippen LogP contribution in [0.5, 0.6) is 0 Å². The first-order valence-corrected chi connectivity index (χ1v) is 5.89. The first-order valence-electron chi connectivity index (χ1n) is 5.89. The number of carbonyl (C=O) groups excluding carboxylic acids is 2. The summed E-state index contributed by atoms with van der Waals surface area (Å²) in [6, 6.07) is 0. The van der Waals surface area contributed by atoms with E-state index in [1.165, 1.54) is 21.3 Å². The molecule has 0 saturated heterocycles. The second-order valence-corrected chi connectivity index (χ2v) is 3.96. The smallest absolute Gasteiger partial charge is 0.308 e. The third-order valence-electron chi connectivity index (χ3n) is 2.75. The number of carbonyl (C=O) groups is 2. The Balaban J connectivity index is 4.43. The lowest BCUT2D eigenvalue weighted by atomic mass is 9.91. The summed E-state index contributed by atoms with van der Waals surface area (Å²) in [5.74, 6) is -0.990. The molecular weight excluding hydrogens is 240 g/mol. The SMILES string of the molecule is CCC(CC(COOC)CC(=O)OC)C(=O)OC. The number of ether oxygens (including phenoxy) is 2. The maximum absolute atomic E-state index is 11.5. The van der Waals surface area contributed by atoms with Crippen molar-refractivity contribution in [3.63, 3.8) is 0 Å². The van der Waals surface area contributed by atoms with Gasteiger partial charge < -0.3 is 9.47 Å². The highest BCUT2D eigenvalue weighted by atomic mass is 17.2. The van der Waals surface area contributed by atoms with Crippen LogP contribution in [-0.2, 0) is 28.8 Å². The molecule has 0 aliphatic carbocycles. The molecule has 0 aromatic rings. The Hall–Kier alpha value is -1.14. The average Bonchev–Trinajstić information content (AvgIpc) is 2.40. The van der Waals surface area contributed by atoms with Gasteiger partial charge in [0.15, 0.2) is 0 Å². The zero-order valence-corrected chi connectivity index (χ0v) is 11.4. The van der Waals surface area contributed by atoms with Crippen molar-refractivity contribution in [3.8, 4) is 0 Å². The molecular formula is C12H22O6. The van der Waals surface area contributed by atoms with Crippen molar-refractivity contribution < 1.29 is 28.8 Å². The Morgan fingerprint density at radius 3 is 2.22 bits per heavy atom. The second-order valence-electron chi connectivity index (χ2n) is 3.96. The zero-order chi connectivity index (χ0) is 14.0. The summed E-state index contributed by atoms with van der Waals surface area (Å²) in [4.78, 5) is 32.1. The van der Waals surface area contributed by atoms with Crippen LogP contribution in [-0.4, -0.2) is 39.9 Å². The molecule has 0 aliphatic rings. The minimum Gasteiger partial charge on any atom is -0.469 e. The van der Waals surface area contributed by atoms with Crippen LogP contribution in [0.3, 0.4) is 0 Å². The van der Waals surface area contributed by atoms with Crippen LogP contribution in [0, 0.1) is 11.8 Å². The van der Waals surface area contributed by atoms with Gasteiger partial charge in [-0.2, -0.15) is 0 Å². The van der Waals surface area contributed by atoms with Gasteiger partial charge in [0.05, 0.1) is 40.3 Å². The summed E-state index contributed by atoms with van der Waals surface area (Å²) in [5.41, 5.74) is 0. The molecule has 18 heavy (non-hydrogen) atoms. The van der Waals surface area contributed by atoms with Gasteiger partial charge in [0.1, 0.15) is 0 Å². The Morgan fingerprint density at radius 1 is 1.11 bits per heavy atom. The van der Waals surface area contributed by atoms with Crippen molar-refractivity contribution in [2.24, 2.45) is 11.8 Å². The molecule has 0 saturated carbocycles. The first kappa shape index (κ1) is 16.9. The van der Waals surface area contributed by atoms with E-state index in [4.69, 9.17) is 9.62 Å². The highest BCUT2D eigenvalue weighted by Gasteiger charge is 2.24. The molecule has 0 rings (SSSR count). The van der Waals surface area contributed by atoms with Gasteiger partial charge in [-0.25, -0.2) is 9.78 Å². The zero-order valence-electron chi connectivity index (χ0n) is 11.4. The summed E-state index contributed by atoms with van der Waals surface area (Å²) >= 11 is 0. The Morgan fingerprint density at radius 2 is 1.78 bits per heavy atom. The van der Waals surface area contributed by atoms with Gasteiger partial charge >= 0.3 is 11.9 Å². The van der Waals surface area contributed by atoms with Crippen LogP contribution in [0.2, 0.25) is 0 Å². The van der Waals surface area contributed by atoms with Crippen LogP contribution in [0.25, 0.3) is 0 Å². The van der Waals surface area contributed by atoms with Gasteiger partial charge in [-0.05, 0) is 18.8 Å². The minimum absolute atomic E-state index is 0.138. The van der Waals surface area contributed by atoms with Crippen LogP contribution < -0.4 is 0 Å². The standard InChI is InChI=1S/C12H22O6/c1-5-10(12(14)16-3)6-9(8-18-17-4)7-11(13)15-2/h9-10H,5-8H2,1-4H3. The molecule has 0 spiro atoms. The lowest BCUT2D eigenvalue weighted by Gasteiger charge is -2.19. The fourth-order valence-corrected chi connectivity index (χ4v) is 1.69. The van der Waals surface area contributed by atoms with Crippen molar-refractivity contribution >= 4 is 11.9 Å². The van der Waals surface area contributed by atoms with Crippen molar-refractivity contribution in [1.82, 2.24) is 0 Å². The van der Waals surface area contributed by atoms with Gasteiger partial charge in [0.25, 0.3) is 0 Å². The van der Waals surface area contributed by atoms with E-state index >= 15 is 0 Å². The molecule has 0 bridgehead atoms. The van der Waals surface area contributed by atoms with Crippen molar-refractivity contribution in [2.45, 2.75) is 26.2 Å². The number of methoxy groups -OCH3 is 2. The monoisotopic (exact) mass is 262 g/mol. The van der Waals surface area contributed by atoms with E-state index in [9.17, 15) is 9.59 Å². The first-order chi connectivity index (χ1) is 8.58. The molecule has 0 aliphatic heterocycles. The molecule has 0 amide bonds. The third-order valence-corrected chi connectivity index (χ3v) is 2.75. The topological polar surface area (TPSA) is 71.1 Å². The van der Waals surface area contributed by atoms with Gasteiger partial charge in [-0.3, -0.25) is 9.59 Å². The third kappa shape index (κ3) is 6.56. The van der Waals surface area contributed by atoms with Crippen LogP contribution in [0.1, 0.15) is 26.2 Å². The number of hydrogen-bond acceptors (Lipinski definition) is 6. The number of esters is 2. The van der Waals surface area contributed by atoms with Crippen molar-refractivity contribution in [2.75, 3.05) is 27.9 Å². The van der Waals surface area contributed by atoms with Crippen LogP contribution >= 0.6 is 0 Å². The summed E-state index contributed by atoms with van der Waals surface area (Å²) in [7, 11) is 4.08. The maximum atomic E-state index is 11.5. The normalized spacial score (nSPS) is 13.8. The number of rotatable bonds is 9. The van der Waals surface area contributed by atoms with Gasteiger partial charge in [0.2, 0.25) is 0 Å². The molecule has 0 aromatic heterocycles. The van der Waals surface area contributed by atoms with Gasteiger partial charge in [0, 0.05) is 0 Å². The van der Waals surface area contributed by atoms with E-state index in [1.807, 2.05) is 6.92 Å². The maximum Gasteiger partial charge on any atom is 0.308 e. The fourth-order valence-electron chi connectivity index (χ4n) is 1.69. The fraction of sp³-hybridized carbons (Fsp3) is 0.833. The molecule has 0 N–H and O–H groups in total. The quantitative estimate of drug-likeness (QED) is 0.355. The van der Waals surface area contributed by atoms with E-state index in [0.717, 1.165) is 0 Å². The summed E-state index contributed by atoms with van der Waals surface area (Å²) < 4.78 is 9.32. The molecule has 106 valence electrons. The molecule has 0 aromatic carbocycles. The van der Waals surface area contributed by atoms with Crippen LogP contribution in [0.15, 0.2) is 0 Å². The predicted molar refractivity (Wildman–Crippen MR) is 63.5 cm³/mol. The van der Waals surface area contributed by atoms with Gasteiger partial charge in [-0.1, -0.05) is 6.92 Å². The molecule has 2 unspecified atom stereocenters. The van der Waals surface area contributed by atoms with E-state index in [2.05, 4.69) is 9.62 Å². The Kier molecular flexibility index (Phi) is 9.22. The molecule has 6 nitrogen and oxygen atoms in total. The van der Waals surface area contributed by atoms with Crippen molar-refractivity contribution in [3.05, 3.63) is 0 Å². The second kappa shape index (κ2) is 9.85. The number of hydrogen-bond donors (Lipinski definition) is 0. The predicted octanol–water partition coefficient (Wildman–Crippen LogP) is 1.33. The summed E-state index contributed by atoms with van der Waals surface area (Å²) in [6.45, 7) is 2.13. The Labute approximate surface area is 107 Å². The van der Waals surface area contributed by atoms with E-state index in [0.29, 0.717) is 12.8 Å². The van der Waals surface area contributed by atoms with Crippen molar-refractivity contribution in [1.29, 1.82) is 0 Å². The molecule has 0 fully saturated rings. The highest BCUT2D eigenvalue weighted by molar-refractivity contribution is 5.72. The molecule has 0 heterocycles. The summed E-state index contributed by atoms with van der Waals surface area (Å²) in [6.07, 6.45) is 1.34. The van der Waals surface area contributed by atoms with Crippen LogP contribution in [0.4, 0.5) is 0 Å². The molecule has 2 atom stereocenters. The van der Waals surface area contributed by atoms with E-state index in [-0.39, 0.29) is 36.8 Å². The minimum atomic E-state index is -0.334. The highest BCUT2D eigenvalue weighted by Crippen LogP contribution is 2.21. The van der Waals surface area contributed by atoms with Gasteiger partial charge in [-0.15, -0.1) is 0 Å².